The fourth-order valence-electron chi connectivity index (χ4n) is 4.55. The Morgan fingerprint density at radius 1 is 1.07 bits per heavy atom. The van der Waals surface area contributed by atoms with Crippen LogP contribution in [-0.2, 0) is 11.2 Å². The summed E-state index contributed by atoms with van der Waals surface area (Å²) < 4.78 is 0. The van der Waals surface area contributed by atoms with E-state index >= 15 is 0 Å². The molecule has 0 amide bonds. The molecular weight excluding hydrogens is 370 g/mol. The molecule has 3 heteroatoms. The molecule has 1 aliphatic rings. The lowest BCUT2D eigenvalue weighted by molar-refractivity contribution is -0.131. The van der Waals surface area contributed by atoms with Crippen LogP contribution < -0.4 is 0 Å². The molecule has 1 heterocycles. The molecule has 0 unspecified atom stereocenters. The Bertz CT molecular complexity index is 800. The fourth-order valence-corrected chi connectivity index (χ4v) is 4.55. The number of aromatic nitrogens is 1. The molecule has 0 atom stereocenters. The largest absolute Gasteiger partial charge is 0.478 e. The number of rotatable bonds is 10. The Balaban J connectivity index is 1.48. The van der Waals surface area contributed by atoms with Gasteiger partial charge in [-0.1, -0.05) is 56.2 Å². The Hall–Kier alpha value is -2.42. The Kier molecular flexibility index (Phi) is 8.67. The minimum absolute atomic E-state index is 0.652. The normalized spacial score (nSPS) is 19.2. The summed E-state index contributed by atoms with van der Waals surface area (Å²) in [6.45, 7) is 2.24. The van der Waals surface area contributed by atoms with E-state index in [0.717, 1.165) is 30.9 Å². The van der Waals surface area contributed by atoms with Gasteiger partial charge in [0.25, 0.3) is 0 Å². The molecule has 1 fully saturated rings. The summed E-state index contributed by atoms with van der Waals surface area (Å²) >= 11 is 0. The molecule has 1 aromatic carbocycles. The van der Waals surface area contributed by atoms with Gasteiger partial charge in [-0.3, -0.25) is 4.98 Å². The third-order valence-electron chi connectivity index (χ3n) is 6.42. The van der Waals surface area contributed by atoms with Gasteiger partial charge in [-0.2, -0.15) is 0 Å². The average molecular weight is 406 g/mol. The molecule has 1 aliphatic carbocycles. The lowest BCUT2D eigenvalue weighted by atomic mass is 9.77. The zero-order valence-electron chi connectivity index (χ0n) is 18.2. The first kappa shape index (κ1) is 22.3. The van der Waals surface area contributed by atoms with E-state index in [-0.39, 0.29) is 0 Å². The highest BCUT2D eigenvalue weighted by molar-refractivity contribution is 5.79. The highest BCUT2D eigenvalue weighted by Crippen LogP contribution is 2.38. The van der Waals surface area contributed by atoms with Gasteiger partial charge in [0, 0.05) is 17.8 Å². The molecule has 0 saturated heterocycles. The van der Waals surface area contributed by atoms with Crippen LogP contribution in [0.2, 0.25) is 0 Å². The van der Waals surface area contributed by atoms with E-state index in [1.54, 1.807) is 6.08 Å². The molecule has 0 aliphatic heterocycles. The zero-order chi connectivity index (χ0) is 21.2. The monoisotopic (exact) mass is 405 g/mol. The van der Waals surface area contributed by atoms with Crippen molar-refractivity contribution in [1.29, 1.82) is 0 Å². The molecule has 1 aromatic heterocycles. The first-order valence-corrected chi connectivity index (χ1v) is 11.6. The summed E-state index contributed by atoms with van der Waals surface area (Å²) in [7, 11) is 0. The minimum Gasteiger partial charge on any atom is -0.478 e. The van der Waals surface area contributed by atoms with Crippen molar-refractivity contribution in [3.63, 3.8) is 0 Å². The van der Waals surface area contributed by atoms with Crippen molar-refractivity contribution in [2.24, 2.45) is 5.92 Å². The lowest BCUT2D eigenvalue weighted by Crippen LogP contribution is -2.13. The molecule has 3 rings (SSSR count). The summed E-state index contributed by atoms with van der Waals surface area (Å²) in [5, 5.41) is 8.66. The number of allylic oxidation sites excluding steroid dienone is 1. The van der Waals surface area contributed by atoms with Gasteiger partial charge in [-0.25, -0.2) is 4.79 Å². The Morgan fingerprint density at radius 2 is 1.83 bits per heavy atom. The van der Waals surface area contributed by atoms with E-state index in [1.165, 1.54) is 67.7 Å². The predicted molar refractivity (Wildman–Crippen MR) is 124 cm³/mol. The second-order valence-electron chi connectivity index (χ2n) is 8.67. The van der Waals surface area contributed by atoms with Crippen LogP contribution in [0.15, 0.2) is 54.7 Å². The molecule has 0 bridgehead atoms. The smallest absolute Gasteiger partial charge is 0.327 e. The third kappa shape index (κ3) is 6.83. The number of aryl methyl sites for hydroxylation is 1. The molecule has 3 nitrogen and oxygen atoms in total. The first-order chi connectivity index (χ1) is 14.7. The second kappa shape index (κ2) is 11.7. The summed E-state index contributed by atoms with van der Waals surface area (Å²) in [5.41, 5.74) is 5.02. The van der Waals surface area contributed by atoms with Crippen molar-refractivity contribution >= 4 is 5.97 Å². The number of benzene rings is 1. The number of pyridine rings is 1. The van der Waals surface area contributed by atoms with Gasteiger partial charge in [-0.05, 0) is 80.4 Å². The maximum absolute atomic E-state index is 10.5. The van der Waals surface area contributed by atoms with Gasteiger partial charge in [0.2, 0.25) is 0 Å². The van der Waals surface area contributed by atoms with E-state index in [1.807, 2.05) is 6.20 Å². The Labute approximate surface area is 181 Å². The molecule has 160 valence electrons. The summed E-state index contributed by atoms with van der Waals surface area (Å²) in [4.78, 5) is 15.2. The quantitative estimate of drug-likeness (QED) is 0.336. The van der Waals surface area contributed by atoms with Crippen molar-refractivity contribution in [2.75, 3.05) is 0 Å². The van der Waals surface area contributed by atoms with Gasteiger partial charge in [0.15, 0.2) is 0 Å². The van der Waals surface area contributed by atoms with Crippen molar-refractivity contribution in [3.8, 4) is 11.3 Å². The van der Waals surface area contributed by atoms with Crippen LogP contribution in [-0.4, -0.2) is 16.1 Å². The second-order valence-corrected chi connectivity index (χ2v) is 8.67. The van der Waals surface area contributed by atoms with E-state index in [9.17, 15) is 4.79 Å². The maximum atomic E-state index is 10.5. The molecule has 0 radical (unpaired) electrons. The maximum Gasteiger partial charge on any atom is 0.327 e. The highest BCUT2D eigenvalue weighted by Gasteiger charge is 2.21. The molecule has 30 heavy (non-hydrogen) atoms. The highest BCUT2D eigenvalue weighted by atomic mass is 16.4. The van der Waals surface area contributed by atoms with Crippen molar-refractivity contribution in [3.05, 3.63) is 65.9 Å². The van der Waals surface area contributed by atoms with Crippen LogP contribution in [0.3, 0.4) is 0 Å². The number of hydrogen-bond donors (Lipinski definition) is 1. The van der Waals surface area contributed by atoms with Crippen LogP contribution in [0.25, 0.3) is 11.3 Å². The van der Waals surface area contributed by atoms with E-state index in [4.69, 9.17) is 5.11 Å². The molecule has 1 N–H and O–H groups in total. The number of unbranched alkanes of at least 4 members (excludes halogenated alkanes) is 2. The van der Waals surface area contributed by atoms with E-state index in [0.29, 0.717) is 5.92 Å². The molecule has 0 spiro atoms. The number of aliphatic carboxylic acids is 1. The Morgan fingerprint density at radius 3 is 2.47 bits per heavy atom. The summed E-state index contributed by atoms with van der Waals surface area (Å²) in [6, 6.07) is 13.4. The lowest BCUT2D eigenvalue weighted by Gasteiger charge is -2.28. The van der Waals surface area contributed by atoms with Crippen LogP contribution in [0.4, 0.5) is 0 Å². The van der Waals surface area contributed by atoms with Crippen molar-refractivity contribution < 1.29 is 9.90 Å². The SMILES string of the molecule is CCCCCc1ccc(-c2ccc(C3CCC(CC/C=C/C(=O)O)CC3)cc2)nc1. The number of nitrogens with zero attached hydrogens (tertiary/aromatic N) is 1. The van der Waals surface area contributed by atoms with Gasteiger partial charge < -0.3 is 5.11 Å². The number of carbonyl (C=O) groups is 1. The van der Waals surface area contributed by atoms with Crippen LogP contribution in [0, 0.1) is 5.92 Å². The predicted octanol–water partition coefficient (Wildman–Crippen LogP) is 7.18. The van der Waals surface area contributed by atoms with E-state index in [2.05, 4.69) is 48.3 Å². The summed E-state index contributed by atoms with van der Waals surface area (Å²) in [6.07, 6.45) is 16.9. The van der Waals surface area contributed by atoms with Crippen molar-refractivity contribution in [2.45, 2.75) is 77.0 Å². The standard InChI is InChI=1S/C27H35NO2/c1-2-3-4-8-22-12-19-26(28-20-22)25-17-15-24(16-18-25)23-13-10-21(11-14-23)7-5-6-9-27(29)30/h6,9,12,15-21,23H,2-5,7-8,10-11,13-14H2,1H3,(H,29,30)/b9-6+. The molecular formula is C27H35NO2. The molecule has 2 aromatic rings. The van der Waals surface area contributed by atoms with E-state index < -0.39 is 5.97 Å². The number of carboxylic acid groups (broad SMARTS) is 1. The van der Waals surface area contributed by atoms with Crippen molar-refractivity contribution in [1.82, 2.24) is 4.98 Å². The molecule has 1 saturated carbocycles. The fraction of sp³-hybridized carbons (Fsp3) is 0.481. The average Bonchev–Trinajstić information content (AvgIpc) is 2.78. The number of carboxylic acids is 1. The van der Waals surface area contributed by atoms with Gasteiger partial charge >= 0.3 is 5.97 Å². The van der Waals surface area contributed by atoms with Crippen LogP contribution in [0.1, 0.15) is 81.8 Å². The van der Waals surface area contributed by atoms with Crippen LogP contribution >= 0.6 is 0 Å². The van der Waals surface area contributed by atoms with Crippen LogP contribution in [0.5, 0.6) is 0 Å². The van der Waals surface area contributed by atoms with Gasteiger partial charge in [0.1, 0.15) is 0 Å². The van der Waals surface area contributed by atoms with Gasteiger partial charge in [-0.15, -0.1) is 0 Å². The summed E-state index contributed by atoms with van der Waals surface area (Å²) in [5.74, 6) is 0.540. The first-order valence-electron chi connectivity index (χ1n) is 11.6. The number of hydrogen-bond acceptors (Lipinski definition) is 2. The topological polar surface area (TPSA) is 50.2 Å². The zero-order valence-corrected chi connectivity index (χ0v) is 18.2. The minimum atomic E-state index is -0.847. The third-order valence-corrected chi connectivity index (χ3v) is 6.42. The van der Waals surface area contributed by atoms with Gasteiger partial charge in [0.05, 0.1) is 5.69 Å².